The molecular formula is C32H30ClFN4O3S. The minimum atomic E-state index is -0.457. The normalized spacial score (nSPS) is 15.8. The monoisotopic (exact) mass is 604 g/mol. The first-order valence-electron chi connectivity index (χ1n) is 13.3. The Hall–Kier alpha value is -4.18. The van der Waals surface area contributed by atoms with E-state index < -0.39 is 10.5 Å². The summed E-state index contributed by atoms with van der Waals surface area (Å²) in [5.41, 5.74) is 3.53. The maximum atomic E-state index is 13.5. The Labute approximate surface area is 251 Å². The van der Waals surface area contributed by atoms with E-state index in [0.717, 1.165) is 21.8 Å². The highest BCUT2D eigenvalue weighted by atomic mass is 35.5. The van der Waals surface area contributed by atoms with E-state index >= 15 is 0 Å². The van der Waals surface area contributed by atoms with Crippen LogP contribution in [-0.2, 0) is 22.7 Å². The lowest BCUT2D eigenvalue weighted by atomic mass is 10.1. The van der Waals surface area contributed by atoms with Crippen molar-refractivity contribution in [3.8, 4) is 5.75 Å². The van der Waals surface area contributed by atoms with E-state index in [1.807, 2.05) is 42.1 Å². The molecule has 2 aliphatic heterocycles. The first kappa shape index (κ1) is 29.3. The van der Waals surface area contributed by atoms with Crippen LogP contribution in [-0.4, -0.2) is 42.4 Å². The largest absolute Gasteiger partial charge is 0.487 e. The summed E-state index contributed by atoms with van der Waals surface area (Å²) in [6, 6.07) is 21.8. The van der Waals surface area contributed by atoms with Crippen LogP contribution >= 0.6 is 22.1 Å². The molecule has 2 aliphatic rings. The van der Waals surface area contributed by atoms with Gasteiger partial charge in [0.05, 0.1) is 23.0 Å². The number of fused-ring (bicyclic) bond motifs is 1. The third-order valence-corrected chi connectivity index (χ3v) is 8.38. The minimum Gasteiger partial charge on any atom is -0.487 e. The molecule has 1 unspecified atom stereocenters. The lowest BCUT2D eigenvalue weighted by Crippen LogP contribution is -2.33. The predicted octanol–water partition coefficient (Wildman–Crippen LogP) is 6.43. The summed E-state index contributed by atoms with van der Waals surface area (Å²) in [4.78, 5) is 20.2. The summed E-state index contributed by atoms with van der Waals surface area (Å²) >= 11 is 6.53. The zero-order valence-corrected chi connectivity index (χ0v) is 24.5. The van der Waals surface area contributed by atoms with Crippen LogP contribution in [0.2, 0.25) is 5.02 Å². The number of nitrogens with one attached hydrogen (secondary N) is 2. The van der Waals surface area contributed by atoms with Crippen molar-refractivity contribution >= 4 is 45.0 Å². The fourth-order valence-corrected chi connectivity index (χ4v) is 6.25. The number of hydrogen-bond acceptors (Lipinski definition) is 6. The number of benzene rings is 3. The van der Waals surface area contributed by atoms with Crippen molar-refractivity contribution in [1.82, 2.24) is 10.2 Å². The molecular weight excluding hydrogens is 575 g/mol. The fraction of sp³-hybridized carbons (Fsp3) is 0.156. The molecule has 1 atom stereocenters. The standard InChI is InChI=1S/C32H30ClFN4O3S/c1-40-15-14-35-30(39)13-17-42-16-12-27-31(36-22-38(32(27)42)20-23-6-3-2-4-7-23)37-26-10-11-29(28(33)19-26)41-21-24-8-5-9-25(34)18-24/h2-13,16-19,22,37H,14-15,20-21H2,1H3,(H,35,39)/b17-13+. The summed E-state index contributed by atoms with van der Waals surface area (Å²) in [5, 5.41) is 10.6. The van der Waals surface area contributed by atoms with E-state index in [2.05, 4.69) is 33.1 Å². The summed E-state index contributed by atoms with van der Waals surface area (Å²) in [6.07, 6.45) is 5.41. The van der Waals surface area contributed by atoms with E-state index in [1.165, 1.54) is 12.1 Å². The number of hydrogen-bond donors (Lipinski definition) is 2. The van der Waals surface area contributed by atoms with Crippen LogP contribution < -0.4 is 15.4 Å². The average Bonchev–Trinajstić information content (AvgIpc) is 3.42. The van der Waals surface area contributed by atoms with Gasteiger partial charge in [-0.15, -0.1) is 10.5 Å². The first-order chi connectivity index (χ1) is 20.5. The van der Waals surface area contributed by atoms with E-state index in [-0.39, 0.29) is 18.3 Å². The second kappa shape index (κ2) is 14.1. The Morgan fingerprint density at radius 3 is 2.71 bits per heavy atom. The van der Waals surface area contributed by atoms with Gasteiger partial charge in [0.15, 0.2) is 0 Å². The van der Waals surface area contributed by atoms with Gasteiger partial charge in [0.2, 0.25) is 5.91 Å². The third-order valence-electron chi connectivity index (χ3n) is 6.32. The van der Waals surface area contributed by atoms with Gasteiger partial charge >= 0.3 is 0 Å². The van der Waals surface area contributed by atoms with Crippen LogP contribution in [0.3, 0.4) is 0 Å². The highest BCUT2D eigenvalue weighted by Gasteiger charge is 2.26. The Morgan fingerprint density at radius 1 is 1.10 bits per heavy atom. The van der Waals surface area contributed by atoms with E-state index in [1.54, 1.807) is 37.5 Å². The summed E-state index contributed by atoms with van der Waals surface area (Å²) in [5.74, 6) is 0.682. The van der Waals surface area contributed by atoms with Gasteiger partial charge in [-0.25, -0.2) is 9.38 Å². The number of carbonyl (C=O) groups excluding carboxylic acids is 1. The molecule has 0 saturated carbocycles. The number of amides is 1. The van der Waals surface area contributed by atoms with Crippen LogP contribution in [0.15, 0.2) is 112 Å². The molecule has 1 amide bonds. The van der Waals surface area contributed by atoms with Crippen LogP contribution in [0.1, 0.15) is 11.1 Å². The Balaban J connectivity index is 1.36. The van der Waals surface area contributed by atoms with Crippen LogP contribution in [0.25, 0.3) is 0 Å². The molecule has 7 nitrogen and oxygen atoms in total. The number of halogens is 2. The minimum absolute atomic E-state index is 0.169. The molecule has 0 fully saturated rings. The average molecular weight is 605 g/mol. The highest BCUT2D eigenvalue weighted by Crippen LogP contribution is 2.37. The van der Waals surface area contributed by atoms with Crippen molar-refractivity contribution in [3.05, 3.63) is 129 Å². The van der Waals surface area contributed by atoms with E-state index in [4.69, 9.17) is 26.1 Å². The third kappa shape index (κ3) is 7.55. The molecule has 3 aromatic carbocycles. The van der Waals surface area contributed by atoms with Gasteiger partial charge in [-0.3, -0.25) is 4.79 Å². The van der Waals surface area contributed by atoms with Crippen LogP contribution in [0.4, 0.5) is 10.1 Å². The van der Waals surface area contributed by atoms with Crippen molar-refractivity contribution in [1.29, 1.82) is 0 Å². The van der Waals surface area contributed by atoms with Gasteiger partial charge in [0.1, 0.15) is 24.0 Å². The van der Waals surface area contributed by atoms with Gasteiger partial charge in [0, 0.05) is 37.5 Å². The maximum Gasteiger partial charge on any atom is 0.244 e. The van der Waals surface area contributed by atoms with Crippen molar-refractivity contribution < 1.29 is 18.7 Å². The quantitative estimate of drug-likeness (QED) is 0.142. The van der Waals surface area contributed by atoms with Crippen LogP contribution in [0, 0.1) is 5.82 Å². The van der Waals surface area contributed by atoms with Gasteiger partial charge in [-0.2, -0.15) is 0 Å². The highest BCUT2D eigenvalue weighted by molar-refractivity contribution is 8.21. The molecule has 10 heteroatoms. The Morgan fingerprint density at radius 2 is 1.93 bits per heavy atom. The van der Waals surface area contributed by atoms with E-state index in [0.29, 0.717) is 41.9 Å². The summed E-state index contributed by atoms with van der Waals surface area (Å²) in [7, 11) is 1.14. The van der Waals surface area contributed by atoms with Crippen molar-refractivity contribution in [2.45, 2.75) is 13.2 Å². The summed E-state index contributed by atoms with van der Waals surface area (Å²) < 4.78 is 24.3. The molecule has 0 aromatic heterocycles. The number of aliphatic imine (C=N–C) groups is 1. The zero-order valence-electron chi connectivity index (χ0n) is 22.9. The van der Waals surface area contributed by atoms with Crippen molar-refractivity contribution in [2.75, 3.05) is 25.6 Å². The molecule has 2 heterocycles. The molecule has 216 valence electrons. The molecule has 0 aliphatic carbocycles. The van der Waals surface area contributed by atoms with Gasteiger partial charge in [0.25, 0.3) is 0 Å². The second-order valence-electron chi connectivity index (χ2n) is 9.38. The topological polar surface area (TPSA) is 75.2 Å². The van der Waals surface area contributed by atoms with Crippen LogP contribution in [0.5, 0.6) is 5.75 Å². The Bertz CT molecular complexity index is 1600. The molecule has 42 heavy (non-hydrogen) atoms. The van der Waals surface area contributed by atoms with Gasteiger partial charge < -0.3 is 25.0 Å². The lowest BCUT2D eigenvalue weighted by Gasteiger charge is -2.28. The molecule has 0 spiro atoms. The molecule has 3 aromatic rings. The smallest absolute Gasteiger partial charge is 0.244 e. The van der Waals surface area contributed by atoms with Crippen molar-refractivity contribution in [2.24, 2.45) is 4.99 Å². The second-order valence-corrected chi connectivity index (χ2v) is 11.5. The van der Waals surface area contributed by atoms with Gasteiger partial charge in [-0.05, 0) is 58.4 Å². The van der Waals surface area contributed by atoms with Gasteiger partial charge in [-0.1, -0.05) is 54.1 Å². The number of rotatable bonds is 12. The zero-order chi connectivity index (χ0) is 29.3. The van der Waals surface area contributed by atoms with Crippen molar-refractivity contribution in [3.63, 3.8) is 0 Å². The predicted molar refractivity (Wildman–Crippen MR) is 169 cm³/mol. The first-order valence-corrected chi connectivity index (χ1v) is 15.0. The molecule has 2 N–H and O–H groups in total. The number of methoxy groups -OCH3 is 1. The maximum absolute atomic E-state index is 13.5. The number of nitrogens with zero attached hydrogens (tertiary/aromatic N) is 2. The SMILES string of the molecule is COCCNC(=O)/C=C/S1=C2C(=C(Nc3ccc(OCc4cccc(F)c4)c(Cl)c3)N=CN2Cc2ccccc2)C=C1. The summed E-state index contributed by atoms with van der Waals surface area (Å²) in [6.45, 7) is 1.74. The number of ether oxygens (including phenoxy) is 2. The van der Waals surface area contributed by atoms with E-state index in [9.17, 15) is 9.18 Å². The fourth-order valence-electron chi connectivity index (χ4n) is 4.32. The molecule has 0 saturated heterocycles. The Kier molecular flexibility index (Phi) is 9.86. The number of carbonyl (C=O) groups is 1. The lowest BCUT2D eigenvalue weighted by molar-refractivity contribution is -0.116. The number of anilines is 1. The molecule has 5 rings (SSSR count). The molecule has 0 radical (unpaired) electrons. The molecule has 0 bridgehead atoms.